The molecular weight excluding hydrogens is 323 g/mol. The molecule has 0 spiro atoms. The third-order valence-electron chi connectivity index (χ3n) is 4.67. The monoisotopic (exact) mass is 341 g/mol. The average Bonchev–Trinajstić information content (AvgIpc) is 3.04. The summed E-state index contributed by atoms with van der Waals surface area (Å²) in [6, 6.07) is 1.10. The summed E-state index contributed by atoms with van der Waals surface area (Å²) in [6.45, 7) is 3.31. The van der Waals surface area contributed by atoms with Crippen molar-refractivity contribution in [2.24, 2.45) is 17.0 Å². The number of nitrogens with zero attached hydrogens (tertiary/aromatic N) is 1. The smallest absolute Gasteiger partial charge is 0.354 e. The summed E-state index contributed by atoms with van der Waals surface area (Å²) in [5.74, 6) is -3.93. The Morgan fingerprint density at radius 3 is 2.67 bits per heavy atom. The highest BCUT2D eigenvalue weighted by Gasteiger charge is 2.59. The SMILES string of the molecule is CC(C)C1=NOC2(C(=O)OCc3c(F)cc(F)cc3F)CCCC12. The third-order valence-corrected chi connectivity index (χ3v) is 4.67. The van der Waals surface area contributed by atoms with Gasteiger partial charge in [0, 0.05) is 18.6 Å². The zero-order chi connectivity index (χ0) is 17.5. The van der Waals surface area contributed by atoms with E-state index in [0.29, 0.717) is 18.6 Å². The van der Waals surface area contributed by atoms with Gasteiger partial charge in [0.25, 0.3) is 0 Å². The molecule has 0 N–H and O–H groups in total. The molecule has 130 valence electrons. The number of hydrogen-bond donors (Lipinski definition) is 0. The first-order valence-electron chi connectivity index (χ1n) is 7.91. The maximum Gasteiger partial charge on any atom is 0.354 e. The van der Waals surface area contributed by atoms with Gasteiger partial charge < -0.3 is 9.57 Å². The molecule has 0 bridgehead atoms. The Hall–Kier alpha value is -2.05. The van der Waals surface area contributed by atoms with E-state index in [2.05, 4.69) is 5.16 Å². The van der Waals surface area contributed by atoms with E-state index in [-0.39, 0.29) is 11.8 Å². The fourth-order valence-electron chi connectivity index (χ4n) is 3.43. The second-order valence-electron chi connectivity index (χ2n) is 6.52. The Labute approximate surface area is 137 Å². The number of benzene rings is 1. The van der Waals surface area contributed by atoms with Crippen LogP contribution in [0.3, 0.4) is 0 Å². The number of carbonyl (C=O) groups excluding carboxylic acids is 1. The molecule has 1 heterocycles. The van der Waals surface area contributed by atoms with Crippen molar-refractivity contribution in [2.45, 2.75) is 45.3 Å². The number of hydrogen-bond acceptors (Lipinski definition) is 4. The highest BCUT2D eigenvalue weighted by molar-refractivity contribution is 5.97. The van der Waals surface area contributed by atoms with Crippen molar-refractivity contribution in [3.8, 4) is 0 Å². The van der Waals surface area contributed by atoms with Crippen LogP contribution in [0.2, 0.25) is 0 Å². The molecule has 1 saturated carbocycles. The van der Waals surface area contributed by atoms with E-state index in [0.717, 1.165) is 18.6 Å². The van der Waals surface area contributed by atoms with Gasteiger partial charge in [-0.15, -0.1) is 0 Å². The molecule has 1 aromatic carbocycles. The number of fused-ring (bicyclic) bond motifs is 1. The molecule has 0 saturated heterocycles. The number of ether oxygens (including phenoxy) is 1. The molecule has 2 atom stereocenters. The van der Waals surface area contributed by atoms with Crippen LogP contribution in [-0.2, 0) is 21.0 Å². The van der Waals surface area contributed by atoms with Crippen molar-refractivity contribution >= 4 is 11.7 Å². The molecule has 7 heteroatoms. The lowest BCUT2D eigenvalue weighted by molar-refractivity contribution is -0.173. The lowest BCUT2D eigenvalue weighted by atomic mass is 9.83. The van der Waals surface area contributed by atoms with Gasteiger partial charge in [-0.05, 0) is 18.8 Å². The van der Waals surface area contributed by atoms with Crippen LogP contribution in [0.25, 0.3) is 0 Å². The van der Waals surface area contributed by atoms with Crippen molar-refractivity contribution in [2.75, 3.05) is 0 Å². The fraction of sp³-hybridized carbons (Fsp3) is 0.529. The van der Waals surface area contributed by atoms with E-state index >= 15 is 0 Å². The van der Waals surface area contributed by atoms with Crippen LogP contribution in [0.4, 0.5) is 13.2 Å². The molecule has 1 aromatic rings. The largest absolute Gasteiger partial charge is 0.458 e. The number of carbonyl (C=O) groups is 1. The zero-order valence-electron chi connectivity index (χ0n) is 13.4. The van der Waals surface area contributed by atoms with Crippen LogP contribution in [0.15, 0.2) is 17.3 Å². The molecule has 1 aliphatic carbocycles. The minimum atomic E-state index is -1.20. The Morgan fingerprint density at radius 1 is 1.38 bits per heavy atom. The first-order chi connectivity index (χ1) is 11.3. The van der Waals surface area contributed by atoms with Gasteiger partial charge in [0.1, 0.15) is 24.1 Å². The van der Waals surface area contributed by atoms with Gasteiger partial charge in [-0.25, -0.2) is 18.0 Å². The second kappa shape index (κ2) is 6.11. The summed E-state index contributed by atoms with van der Waals surface area (Å²) in [5, 5.41) is 4.03. The Kier molecular flexibility index (Phi) is 4.27. The predicted octanol–water partition coefficient (Wildman–Crippen LogP) is 3.73. The number of halogens is 3. The van der Waals surface area contributed by atoms with Crippen molar-refractivity contribution < 1.29 is 27.5 Å². The van der Waals surface area contributed by atoms with Gasteiger partial charge in [0.05, 0.1) is 17.2 Å². The number of oxime groups is 1. The maximum absolute atomic E-state index is 13.6. The molecular formula is C17H18F3NO3. The number of rotatable bonds is 4. The maximum atomic E-state index is 13.6. The minimum Gasteiger partial charge on any atom is -0.458 e. The summed E-state index contributed by atoms with van der Waals surface area (Å²) in [5.41, 5.74) is -0.880. The van der Waals surface area contributed by atoms with Gasteiger partial charge in [-0.3, -0.25) is 0 Å². The molecule has 1 fully saturated rings. The summed E-state index contributed by atoms with van der Waals surface area (Å²) in [7, 11) is 0. The van der Waals surface area contributed by atoms with Crippen LogP contribution in [-0.4, -0.2) is 17.3 Å². The van der Waals surface area contributed by atoms with E-state index in [9.17, 15) is 18.0 Å². The molecule has 2 unspecified atom stereocenters. The van der Waals surface area contributed by atoms with Crippen LogP contribution in [0.1, 0.15) is 38.7 Å². The zero-order valence-corrected chi connectivity index (χ0v) is 13.4. The summed E-state index contributed by atoms with van der Waals surface area (Å²) in [6.07, 6.45) is 1.99. The van der Waals surface area contributed by atoms with Crippen molar-refractivity contribution in [1.29, 1.82) is 0 Å². The lowest BCUT2D eigenvalue weighted by Gasteiger charge is -2.25. The summed E-state index contributed by atoms with van der Waals surface area (Å²) < 4.78 is 45.3. The van der Waals surface area contributed by atoms with E-state index in [1.165, 1.54) is 0 Å². The van der Waals surface area contributed by atoms with Gasteiger partial charge in [0.2, 0.25) is 5.60 Å². The predicted molar refractivity (Wildman–Crippen MR) is 79.5 cm³/mol. The van der Waals surface area contributed by atoms with Crippen molar-refractivity contribution in [3.63, 3.8) is 0 Å². The van der Waals surface area contributed by atoms with E-state index in [4.69, 9.17) is 9.57 Å². The van der Waals surface area contributed by atoms with Gasteiger partial charge in [0.15, 0.2) is 0 Å². The van der Waals surface area contributed by atoms with Gasteiger partial charge in [-0.2, -0.15) is 0 Å². The standard InChI is InChI=1S/C17H18F3NO3/c1-9(2)15-12-4-3-5-17(12,24-21-15)16(22)23-8-11-13(19)6-10(18)7-14(11)20/h6-7,9,12H,3-5,8H2,1-2H3. The van der Waals surface area contributed by atoms with Crippen LogP contribution < -0.4 is 0 Å². The molecule has 2 aliphatic rings. The first-order valence-corrected chi connectivity index (χ1v) is 7.91. The van der Waals surface area contributed by atoms with Crippen LogP contribution >= 0.6 is 0 Å². The Morgan fingerprint density at radius 2 is 2.04 bits per heavy atom. The Balaban J connectivity index is 1.75. The van der Waals surface area contributed by atoms with Crippen molar-refractivity contribution in [3.05, 3.63) is 35.1 Å². The van der Waals surface area contributed by atoms with Gasteiger partial charge >= 0.3 is 5.97 Å². The fourth-order valence-corrected chi connectivity index (χ4v) is 3.43. The molecule has 0 radical (unpaired) electrons. The second-order valence-corrected chi connectivity index (χ2v) is 6.52. The highest BCUT2D eigenvalue weighted by atomic mass is 19.1. The van der Waals surface area contributed by atoms with Gasteiger partial charge in [-0.1, -0.05) is 19.0 Å². The quantitative estimate of drug-likeness (QED) is 0.784. The molecule has 4 nitrogen and oxygen atoms in total. The van der Waals surface area contributed by atoms with E-state index < -0.39 is 41.2 Å². The minimum absolute atomic E-state index is 0.134. The van der Waals surface area contributed by atoms with E-state index in [1.54, 1.807) is 0 Å². The van der Waals surface area contributed by atoms with E-state index in [1.807, 2.05) is 13.8 Å². The molecule has 24 heavy (non-hydrogen) atoms. The third kappa shape index (κ3) is 2.65. The topological polar surface area (TPSA) is 47.9 Å². The van der Waals surface area contributed by atoms with Crippen LogP contribution in [0, 0.1) is 29.3 Å². The number of esters is 1. The molecule has 3 rings (SSSR count). The molecule has 0 amide bonds. The van der Waals surface area contributed by atoms with Crippen LogP contribution in [0.5, 0.6) is 0 Å². The summed E-state index contributed by atoms with van der Waals surface area (Å²) >= 11 is 0. The highest BCUT2D eigenvalue weighted by Crippen LogP contribution is 2.46. The van der Waals surface area contributed by atoms with Crippen molar-refractivity contribution in [1.82, 2.24) is 0 Å². The lowest BCUT2D eigenvalue weighted by Crippen LogP contribution is -2.44. The molecule has 0 aromatic heterocycles. The Bertz CT molecular complexity index is 681. The normalized spacial score (nSPS) is 25.4. The summed E-state index contributed by atoms with van der Waals surface area (Å²) in [4.78, 5) is 18.0. The average molecular weight is 341 g/mol. The first kappa shape index (κ1) is 16.8. The molecule has 1 aliphatic heterocycles.